The molecule has 0 radical (unpaired) electrons. The van der Waals surface area contributed by atoms with Crippen molar-refractivity contribution in [2.24, 2.45) is 0 Å². The fourth-order valence-electron chi connectivity index (χ4n) is 1.64. The highest BCUT2D eigenvalue weighted by Gasteiger charge is 2.07. The Hall–Kier alpha value is -1.26. The molecule has 0 aromatic carbocycles. The van der Waals surface area contributed by atoms with E-state index in [2.05, 4.69) is 17.3 Å². The van der Waals surface area contributed by atoms with Crippen LogP contribution >= 0.6 is 11.6 Å². The third-order valence-electron chi connectivity index (χ3n) is 2.48. The van der Waals surface area contributed by atoms with E-state index in [9.17, 15) is 0 Å². The minimum absolute atomic E-state index is 0.652. The van der Waals surface area contributed by atoms with Crippen LogP contribution < -0.4 is 5.32 Å². The standard InChI is InChI=1S/C12H16ClN3O/c1-2-4-14-7-12-10(3-5-17-12)8-16-9-11(13)6-15-16/h3,5-6,9,14H,2,4,7-8H2,1H3. The van der Waals surface area contributed by atoms with Crippen LogP contribution in [-0.2, 0) is 13.1 Å². The number of nitrogens with one attached hydrogen (secondary N) is 1. The molecular formula is C12H16ClN3O. The average molecular weight is 254 g/mol. The summed E-state index contributed by atoms with van der Waals surface area (Å²) in [6, 6.07) is 1.97. The molecule has 0 atom stereocenters. The molecule has 2 heterocycles. The number of hydrogen-bond acceptors (Lipinski definition) is 3. The molecule has 2 aromatic rings. The van der Waals surface area contributed by atoms with E-state index in [4.69, 9.17) is 16.0 Å². The van der Waals surface area contributed by atoms with Gasteiger partial charge in [0.2, 0.25) is 0 Å². The Morgan fingerprint density at radius 2 is 2.41 bits per heavy atom. The monoisotopic (exact) mass is 253 g/mol. The van der Waals surface area contributed by atoms with Crippen molar-refractivity contribution in [3.05, 3.63) is 41.1 Å². The minimum Gasteiger partial charge on any atom is -0.468 e. The van der Waals surface area contributed by atoms with Gasteiger partial charge in [-0.2, -0.15) is 5.10 Å². The van der Waals surface area contributed by atoms with Gasteiger partial charge < -0.3 is 9.73 Å². The number of nitrogens with zero attached hydrogens (tertiary/aromatic N) is 2. The Balaban J connectivity index is 1.98. The predicted molar refractivity (Wildman–Crippen MR) is 67.0 cm³/mol. The summed E-state index contributed by atoms with van der Waals surface area (Å²) in [5.41, 5.74) is 1.13. The number of furan rings is 1. The smallest absolute Gasteiger partial charge is 0.122 e. The zero-order valence-electron chi connectivity index (χ0n) is 9.82. The molecule has 4 nitrogen and oxygen atoms in total. The molecule has 2 rings (SSSR count). The number of rotatable bonds is 6. The van der Waals surface area contributed by atoms with Gasteiger partial charge >= 0.3 is 0 Å². The van der Waals surface area contributed by atoms with Crippen LogP contribution in [0.1, 0.15) is 24.7 Å². The van der Waals surface area contributed by atoms with Crippen molar-refractivity contribution >= 4 is 11.6 Å². The highest BCUT2D eigenvalue weighted by Crippen LogP contribution is 2.13. The van der Waals surface area contributed by atoms with E-state index in [0.717, 1.165) is 30.8 Å². The molecule has 0 spiro atoms. The predicted octanol–water partition coefficient (Wildman–Crippen LogP) is 2.68. The van der Waals surface area contributed by atoms with E-state index in [0.29, 0.717) is 11.6 Å². The molecule has 0 saturated heterocycles. The zero-order valence-corrected chi connectivity index (χ0v) is 10.6. The summed E-state index contributed by atoms with van der Waals surface area (Å²) in [6.45, 7) is 4.58. The quantitative estimate of drug-likeness (QED) is 0.805. The third-order valence-corrected chi connectivity index (χ3v) is 2.68. The molecule has 0 saturated carbocycles. The summed E-state index contributed by atoms with van der Waals surface area (Å²) >= 11 is 5.82. The molecule has 0 fully saturated rings. The molecule has 0 aliphatic rings. The summed E-state index contributed by atoms with van der Waals surface area (Å²) in [7, 11) is 0. The van der Waals surface area contributed by atoms with Crippen molar-refractivity contribution in [2.45, 2.75) is 26.4 Å². The maximum atomic E-state index is 5.82. The van der Waals surface area contributed by atoms with Gasteiger partial charge in [-0.3, -0.25) is 4.68 Å². The Kier molecular flexibility index (Phi) is 4.23. The van der Waals surface area contributed by atoms with Crippen molar-refractivity contribution in [3.63, 3.8) is 0 Å². The molecule has 17 heavy (non-hydrogen) atoms. The Labute approximate surface area is 106 Å². The second-order valence-corrected chi connectivity index (χ2v) is 4.34. The fraction of sp³-hybridized carbons (Fsp3) is 0.417. The minimum atomic E-state index is 0.652. The van der Waals surface area contributed by atoms with Crippen molar-refractivity contribution in [1.29, 1.82) is 0 Å². The van der Waals surface area contributed by atoms with Crippen molar-refractivity contribution in [1.82, 2.24) is 15.1 Å². The van der Waals surface area contributed by atoms with E-state index in [1.165, 1.54) is 0 Å². The van der Waals surface area contributed by atoms with Gasteiger partial charge in [-0.05, 0) is 19.0 Å². The number of halogens is 1. The summed E-state index contributed by atoms with van der Waals surface area (Å²) in [6.07, 6.45) is 6.27. The van der Waals surface area contributed by atoms with Crippen LogP contribution in [0.15, 0.2) is 29.1 Å². The molecule has 0 aliphatic carbocycles. The lowest BCUT2D eigenvalue weighted by Gasteiger charge is -2.04. The second kappa shape index (κ2) is 5.89. The van der Waals surface area contributed by atoms with Crippen molar-refractivity contribution in [3.8, 4) is 0 Å². The lowest BCUT2D eigenvalue weighted by Crippen LogP contribution is -2.15. The largest absolute Gasteiger partial charge is 0.468 e. The molecule has 0 aliphatic heterocycles. The third kappa shape index (κ3) is 3.35. The van der Waals surface area contributed by atoms with E-state index >= 15 is 0 Å². The first-order valence-electron chi connectivity index (χ1n) is 5.73. The molecular weight excluding hydrogens is 238 g/mol. The van der Waals surface area contributed by atoms with Gasteiger partial charge in [-0.1, -0.05) is 18.5 Å². The first-order chi connectivity index (χ1) is 8.29. The summed E-state index contributed by atoms with van der Waals surface area (Å²) in [5, 5.41) is 8.12. The van der Waals surface area contributed by atoms with Crippen LogP contribution in [0.5, 0.6) is 0 Å². The molecule has 0 amide bonds. The lowest BCUT2D eigenvalue weighted by atomic mass is 10.2. The van der Waals surface area contributed by atoms with Crippen LogP contribution in [0.2, 0.25) is 5.02 Å². The molecule has 1 N–H and O–H groups in total. The first kappa shape index (κ1) is 12.2. The normalized spacial score (nSPS) is 10.9. The second-order valence-electron chi connectivity index (χ2n) is 3.90. The summed E-state index contributed by atoms with van der Waals surface area (Å²) < 4.78 is 7.26. The first-order valence-corrected chi connectivity index (χ1v) is 6.11. The Morgan fingerprint density at radius 1 is 1.53 bits per heavy atom. The van der Waals surface area contributed by atoms with Crippen LogP contribution in [-0.4, -0.2) is 16.3 Å². The van der Waals surface area contributed by atoms with Gasteiger partial charge in [0.05, 0.1) is 30.6 Å². The van der Waals surface area contributed by atoms with E-state index in [1.54, 1.807) is 23.3 Å². The maximum Gasteiger partial charge on any atom is 0.122 e. The maximum absolute atomic E-state index is 5.82. The van der Waals surface area contributed by atoms with Gasteiger partial charge in [-0.15, -0.1) is 0 Å². The Morgan fingerprint density at radius 3 is 3.12 bits per heavy atom. The SMILES string of the molecule is CCCNCc1occc1Cn1cc(Cl)cn1. The summed E-state index contributed by atoms with van der Waals surface area (Å²) in [4.78, 5) is 0. The number of aromatic nitrogens is 2. The van der Waals surface area contributed by atoms with Crippen molar-refractivity contribution in [2.75, 3.05) is 6.54 Å². The number of hydrogen-bond donors (Lipinski definition) is 1. The van der Waals surface area contributed by atoms with Crippen molar-refractivity contribution < 1.29 is 4.42 Å². The fourth-order valence-corrected chi connectivity index (χ4v) is 1.80. The highest BCUT2D eigenvalue weighted by molar-refractivity contribution is 6.30. The molecule has 92 valence electrons. The zero-order chi connectivity index (χ0) is 12.1. The van der Waals surface area contributed by atoms with Gasteiger partial charge in [0.15, 0.2) is 0 Å². The van der Waals surface area contributed by atoms with E-state index in [-0.39, 0.29) is 0 Å². The molecule has 0 unspecified atom stereocenters. The van der Waals surface area contributed by atoms with Crippen LogP contribution in [0.3, 0.4) is 0 Å². The average Bonchev–Trinajstić information content (AvgIpc) is 2.90. The topological polar surface area (TPSA) is 43.0 Å². The summed E-state index contributed by atoms with van der Waals surface area (Å²) in [5.74, 6) is 0.963. The van der Waals surface area contributed by atoms with E-state index in [1.807, 2.05) is 6.07 Å². The van der Waals surface area contributed by atoms with Gasteiger partial charge in [-0.25, -0.2) is 0 Å². The molecule has 2 aromatic heterocycles. The van der Waals surface area contributed by atoms with E-state index < -0.39 is 0 Å². The van der Waals surface area contributed by atoms with Crippen LogP contribution in [0, 0.1) is 0 Å². The molecule has 0 bridgehead atoms. The van der Waals surface area contributed by atoms with Crippen LogP contribution in [0.4, 0.5) is 0 Å². The van der Waals surface area contributed by atoms with Gasteiger partial charge in [0, 0.05) is 11.8 Å². The highest BCUT2D eigenvalue weighted by atomic mass is 35.5. The van der Waals surface area contributed by atoms with Gasteiger partial charge in [0.1, 0.15) is 5.76 Å². The molecule has 5 heteroatoms. The van der Waals surface area contributed by atoms with Gasteiger partial charge in [0.25, 0.3) is 0 Å². The Bertz CT molecular complexity index is 464. The van der Waals surface area contributed by atoms with Crippen LogP contribution in [0.25, 0.3) is 0 Å². The lowest BCUT2D eigenvalue weighted by molar-refractivity contribution is 0.475.